The zero-order chi connectivity index (χ0) is 13.0. The monoisotopic (exact) mass is 255 g/mol. The summed E-state index contributed by atoms with van der Waals surface area (Å²) in [7, 11) is 1.46. The van der Waals surface area contributed by atoms with Gasteiger partial charge in [0, 0.05) is 12.6 Å². The summed E-state index contributed by atoms with van der Waals surface area (Å²) in [5.41, 5.74) is 5.99. The third-order valence-corrected chi connectivity index (χ3v) is 2.35. The lowest BCUT2D eigenvalue weighted by Crippen LogP contribution is -2.27. The summed E-state index contributed by atoms with van der Waals surface area (Å²) in [6, 6.07) is 4.04. The van der Waals surface area contributed by atoms with E-state index in [2.05, 4.69) is 18.1 Å². The van der Waals surface area contributed by atoms with Crippen LogP contribution in [0.3, 0.4) is 0 Å². The van der Waals surface area contributed by atoms with Gasteiger partial charge in [-0.25, -0.2) is 9.10 Å². The Kier molecular flexibility index (Phi) is 4.22. The van der Waals surface area contributed by atoms with Crippen molar-refractivity contribution < 1.29 is 14.3 Å². The fourth-order valence-electron chi connectivity index (χ4n) is 1.26. The molecule has 0 aromatic heterocycles. The van der Waals surface area contributed by atoms with Gasteiger partial charge in [0.2, 0.25) is 5.91 Å². The molecule has 1 aromatic rings. The molecular formula is C10H13N3O3S. The van der Waals surface area contributed by atoms with E-state index in [1.165, 1.54) is 20.1 Å². The van der Waals surface area contributed by atoms with Gasteiger partial charge in [-0.1, -0.05) is 12.8 Å². The van der Waals surface area contributed by atoms with Crippen LogP contribution >= 0.6 is 12.8 Å². The van der Waals surface area contributed by atoms with E-state index in [4.69, 9.17) is 10.5 Å². The molecule has 0 unspecified atom stereocenters. The average molecular weight is 255 g/mol. The molecule has 0 aliphatic carbocycles. The number of methoxy groups -OCH3 is 1. The highest BCUT2D eigenvalue weighted by molar-refractivity contribution is 7.82. The maximum atomic E-state index is 11.0. The molecule has 1 aromatic carbocycles. The summed E-state index contributed by atoms with van der Waals surface area (Å²) in [6.07, 6.45) is 0. The van der Waals surface area contributed by atoms with E-state index in [9.17, 15) is 9.59 Å². The van der Waals surface area contributed by atoms with Crippen molar-refractivity contribution in [3.63, 3.8) is 0 Å². The molecule has 0 fully saturated rings. The summed E-state index contributed by atoms with van der Waals surface area (Å²) in [6.45, 7) is 1.39. The fraction of sp³-hybridized carbons (Fsp3) is 0.200. The first-order valence-corrected chi connectivity index (χ1v) is 5.09. The normalized spacial score (nSPS) is 9.59. The van der Waals surface area contributed by atoms with Crippen molar-refractivity contribution in [2.45, 2.75) is 6.92 Å². The number of hydrogen-bond donors (Lipinski definition) is 3. The summed E-state index contributed by atoms with van der Waals surface area (Å²) >= 11 is 3.94. The number of amides is 3. The molecule has 0 heterocycles. The molecule has 3 N–H and O–H groups in total. The molecule has 0 saturated heterocycles. The Morgan fingerprint density at radius 3 is 2.59 bits per heavy atom. The van der Waals surface area contributed by atoms with Gasteiger partial charge in [0.05, 0.1) is 7.11 Å². The lowest BCUT2D eigenvalue weighted by molar-refractivity contribution is -0.114. The van der Waals surface area contributed by atoms with Gasteiger partial charge in [0.15, 0.2) is 0 Å². The van der Waals surface area contributed by atoms with Gasteiger partial charge in [-0.15, -0.1) is 0 Å². The number of anilines is 2. The van der Waals surface area contributed by atoms with Crippen LogP contribution in [0.5, 0.6) is 5.75 Å². The number of hydrogen-bond acceptors (Lipinski definition) is 4. The fourth-order valence-corrected chi connectivity index (χ4v) is 1.41. The van der Waals surface area contributed by atoms with Gasteiger partial charge in [-0.2, -0.15) is 0 Å². The van der Waals surface area contributed by atoms with Gasteiger partial charge in [-0.05, 0) is 18.2 Å². The second-order valence-corrected chi connectivity index (χ2v) is 3.62. The number of carbonyl (C=O) groups excluding carboxylic acids is 2. The Hall–Kier alpha value is -1.89. The molecule has 92 valence electrons. The molecule has 3 amide bonds. The standard InChI is InChI=1S/C10H13N3O3S/c1-6(14)12-7-3-4-9(16-2)8(5-7)13(17)10(11)15/h3-5,17H,1-2H3,(H2,11,15)(H,12,14). The third kappa shape index (κ3) is 3.28. The maximum absolute atomic E-state index is 11.0. The molecule has 6 nitrogen and oxygen atoms in total. The first-order valence-electron chi connectivity index (χ1n) is 4.69. The van der Waals surface area contributed by atoms with E-state index in [1.807, 2.05) is 0 Å². The molecule has 0 radical (unpaired) electrons. The van der Waals surface area contributed by atoms with Crippen molar-refractivity contribution in [2.75, 3.05) is 16.7 Å². The van der Waals surface area contributed by atoms with Gasteiger partial charge < -0.3 is 15.8 Å². The second-order valence-electron chi connectivity index (χ2n) is 3.22. The number of nitrogens with two attached hydrogens (primary N) is 1. The number of nitrogens with zero attached hydrogens (tertiary/aromatic N) is 1. The van der Waals surface area contributed by atoms with Gasteiger partial charge >= 0.3 is 6.03 Å². The number of rotatable bonds is 3. The third-order valence-electron chi connectivity index (χ3n) is 1.94. The van der Waals surface area contributed by atoms with Crippen LogP contribution < -0.4 is 20.1 Å². The predicted molar refractivity (Wildman–Crippen MR) is 68.3 cm³/mol. The van der Waals surface area contributed by atoms with E-state index in [0.29, 0.717) is 17.1 Å². The lowest BCUT2D eigenvalue weighted by Gasteiger charge is -2.17. The minimum Gasteiger partial charge on any atom is -0.495 e. The zero-order valence-electron chi connectivity index (χ0n) is 9.43. The minimum absolute atomic E-state index is 0.217. The maximum Gasteiger partial charge on any atom is 0.329 e. The Morgan fingerprint density at radius 1 is 1.47 bits per heavy atom. The van der Waals surface area contributed by atoms with E-state index in [1.54, 1.807) is 12.1 Å². The molecule has 0 saturated carbocycles. The molecule has 0 aliphatic heterocycles. The lowest BCUT2D eigenvalue weighted by atomic mass is 10.2. The van der Waals surface area contributed by atoms with Crippen LogP contribution in [0, 0.1) is 0 Å². The Balaban J connectivity index is 3.14. The summed E-state index contributed by atoms with van der Waals surface area (Å²) in [5, 5.41) is 2.58. The summed E-state index contributed by atoms with van der Waals surface area (Å²) < 4.78 is 6.00. The zero-order valence-corrected chi connectivity index (χ0v) is 10.3. The highest BCUT2D eigenvalue weighted by Gasteiger charge is 2.14. The first-order chi connectivity index (χ1) is 7.95. The number of thiol groups is 1. The van der Waals surface area contributed by atoms with Crippen molar-refractivity contribution in [2.24, 2.45) is 5.73 Å². The van der Waals surface area contributed by atoms with Crippen molar-refractivity contribution >= 4 is 36.1 Å². The van der Waals surface area contributed by atoms with Gasteiger partial charge in [-0.3, -0.25) is 4.79 Å². The van der Waals surface area contributed by atoms with Crippen LogP contribution in [0.15, 0.2) is 18.2 Å². The predicted octanol–water partition coefficient (Wildman–Crippen LogP) is 1.38. The summed E-state index contributed by atoms with van der Waals surface area (Å²) in [4.78, 5) is 21.9. The van der Waals surface area contributed by atoms with E-state index in [-0.39, 0.29) is 5.91 Å². The van der Waals surface area contributed by atoms with Crippen LogP contribution in [-0.2, 0) is 4.79 Å². The number of primary amides is 1. The Labute approximate surface area is 104 Å². The smallest absolute Gasteiger partial charge is 0.329 e. The molecule has 0 bridgehead atoms. The molecule has 7 heteroatoms. The van der Waals surface area contributed by atoms with E-state index < -0.39 is 6.03 Å². The largest absolute Gasteiger partial charge is 0.495 e. The highest BCUT2D eigenvalue weighted by atomic mass is 32.1. The molecule has 1 rings (SSSR count). The van der Waals surface area contributed by atoms with Crippen LogP contribution in [0.1, 0.15) is 6.92 Å². The first kappa shape index (κ1) is 13.2. The number of urea groups is 1. The topological polar surface area (TPSA) is 84.7 Å². The van der Waals surface area contributed by atoms with Crippen LogP contribution in [0.25, 0.3) is 0 Å². The average Bonchev–Trinajstić information content (AvgIpc) is 2.27. The number of ether oxygens (including phenoxy) is 1. The minimum atomic E-state index is -0.744. The molecule has 17 heavy (non-hydrogen) atoms. The molecule has 0 spiro atoms. The number of carbonyl (C=O) groups is 2. The van der Waals surface area contributed by atoms with Gasteiger partial charge in [0.25, 0.3) is 0 Å². The Morgan fingerprint density at radius 2 is 2.12 bits per heavy atom. The highest BCUT2D eigenvalue weighted by Crippen LogP contribution is 2.32. The summed E-state index contributed by atoms with van der Waals surface area (Å²) in [5.74, 6) is 0.207. The number of nitrogens with one attached hydrogen (secondary N) is 1. The van der Waals surface area contributed by atoms with E-state index in [0.717, 1.165) is 4.31 Å². The Bertz CT molecular complexity index is 450. The van der Waals surface area contributed by atoms with Crippen LogP contribution in [0.2, 0.25) is 0 Å². The molecular weight excluding hydrogens is 242 g/mol. The quantitative estimate of drug-likeness (QED) is 0.713. The van der Waals surface area contributed by atoms with Gasteiger partial charge in [0.1, 0.15) is 11.4 Å². The second kappa shape index (κ2) is 5.44. The van der Waals surface area contributed by atoms with Crippen molar-refractivity contribution in [1.82, 2.24) is 0 Å². The van der Waals surface area contributed by atoms with Crippen molar-refractivity contribution in [3.05, 3.63) is 18.2 Å². The SMILES string of the molecule is COc1ccc(NC(C)=O)cc1N(S)C(N)=O. The van der Waals surface area contributed by atoms with Crippen molar-refractivity contribution in [1.29, 1.82) is 0 Å². The van der Waals surface area contributed by atoms with Crippen molar-refractivity contribution in [3.8, 4) is 5.75 Å². The van der Waals surface area contributed by atoms with Crippen LogP contribution in [-0.4, -0.2) is 19.0 Å². The molecule has 0 atom stereocenters. The number of benzene rings is 1. The van der Waals surface area contributed by atoms with Crippen LogP contribution in [0.4, 0.5) is 16.2 Å². The van der Waals surface area contributed by atoms with E-state index >= 15 is 0 Å². The molecule has 0 aliphatic rings.